The van der Waals surface area contributed by atoms with Crippen LogP contribution in [0, 0.1) is 19.7 Å². The van der Waals surface area contributed by atoms with E-state index >= 15 is 0 Å². The van der Waals surface area contributed by atoms with E-state index in [1.807, 2.05) is 19.9 Å². The molecule has 0 fully saturated rings. The Morgan fingerprint density at radius 3 is 2.52 bits per heavy atom. The summed E-state index contributed by atoms with van der Waals surface area (Å²) in [4.78, 5) is 0. The zero-order chi connectivity index (χ0) is 19.8. The summed E-state index contributed by atoms with van der Waals surface area (Å²) in [7, 11) is 0. The molecule has 1 aromatic carbocycles. The van der Waals surface area contributed by atoms with Gasteiger partial charge in [-0.2, -0.15) is 0 Å². The molecule has 0 amide bonds. The molecule has 27 heavy (non-hydrogen) atoms. The van der Waals surface area contributed by atoms with Gasteiger partial charge in [0.15, 0.2) is 0 Å². The smallest absolute Gasteiger partial charge is 0.126 e. The molecule has 0 N–H and O–H groups in total. The first-order chi connectivity index (χ1) is 12.9. The van der Waals surface area contributed by atoms with Crippen molar-refractivity contribution in [3.05, 3.63) is 81.7 Å². The third-order valence-corrected chi connectivity index (χ3v) is 5.60. The van der Waals surface area contributed by atoms with E-state index < -0.39 is 0 Å². The van der Waals surface area contributed by atoms with Crippen LogP contribution in [0.1, 0.15) is 75.5 Å². The average Bonchev–Trinajstić information content (AvgIpc) is 3.13. The van der Waals surface area contributed by atoms with Gasteiger partial charge in [-0.15, -0.1) is 6.58 Å². The maximum absolute atomic E-state index is 13.3. The van der Waals surface area contributed by atoms with Crippen molar-refractivity contribution in [3.63, 3.8) is 0 Å². The second-order valence-electron chi connectivity index (χ2n) is 7.93. The maximum atomic E-state index is 13.3. The summed E-state index contributed by atoms with van der Waals surface area (Å²) in [6.45, 7) is 12.0. The van der Waals surface area contributed by atoms with Crippen LogP contribution in [-0.2, 0) is 6.42 Å². The Morgan fingerprint density at radius 2 is 1.89 bits per heavy atom. The molecule has 0 unspecified atom stereocenters. The Kier molecular flexibility index (Phi) is 8.28. The largest absolute Gasteiger partial charge is 0.207 e. The number of halogens is 1. The quantitative estimate of drug-likeness (QED) is 0.462. The van der Waals surface area contributed by atoms with Crippen LogP contribution >= 0.6 is 0 Å². The summed E-state index contributed by atoms with van der Waals surface area (Å²) < 4.78 is 13.3. The number of allylic oxidation sites excluding steroid dienone is 7. The van der Waals surface area contributed by atoms with Gasteiger partial charge in [-0.25, -0.2) is 4.39 Å². The van der Waals surface area contributed by atoms with Gasteiger partial charge >= 0.3 is 0 Å². The van der Waals surface area contributed by atoms with Gasteiger partial charge in [0.25, 0.3) is 0 Å². The van der Waals surface area contributed by atoms with Crippen molar-refractivity contribution in [1.82, 2.24) is 0 Å². The highest BCUT2D eigenvalue weighted by Gasteiger charge is 2.16. The molecule has 2 aliphatic carbocycles. The van der Waals surface area contributed by atoms with Crippen molar-refractivity contribution in [2.24, 2.45) is 0 Å². The fraction of sp³-hybridized carbons (Fsp3) is 0.462. The van der Waals surface area contributed by atoms with E-state index in [4.69, 9.17) is 0 Å². The predicted octanol–water partition coefficient (Wildman–Crippen LogP) is 8.10. The monoisotopic (exact) mass is 366 g/mol. The molecular weight excluding hydrogens is 331 g/mol. The molecule has 0 aliphatic heterocycles. The lowest BCUT2D eigenvalue weighted by Crippen LogP contribution is -1.94. The van der Waals surface area contributed by atoms with Gasteiger partial charge in [0, 0.05) is 0 Å². The Bertz CT molecular complexity index is 759. The number of hydrogen-bond acceptors (Lipinski definition) is 0. The molecule has 0 nitrogen and oxygen atoms in total. The van der Waals surface area contributed by atoms with Gasteiger partial charge in [-0.3, -0.25) is 0 Å². The normalized spacial score (nSPS) is 16.1. The van der Waals surface area contributed by atoms with Crippen LogP contribution in [0.25, 0.3) is 0 Å². The maximum Gasteiger partial charge on any atom is 0.126 e. The van der Waals surface area contributed by atoms with E-state index in [1.165, 1.54) is 44.1 Å². The molecule has 3 rings (SSSR count). The molecule has 0 saturated carbocycles. The summed E-state index contributed by atoms with van der Waals surface area (Å²) in [6.07, 6.45) is 16.5. The first-order valence-corrected chi connectivity index (χ1v) is 10.4. The fourth-order valence-corrected chi connectivity index (χ4v) is 3.92. The third-order valence-electron chi connectivity index (χ3n) is 5.60. The van der Waals surface area contributed by atoms with E-state index in [9.17, 15) is 4.39 Å². The Balaban J connectivity index is 0.000000194. The van der Waals surface area contributed by atoms with Crippen molar-refractivity contribution in [3.8, 4) is 0 Å². The summed E-state index contributed by atoms with van der Waals surface area (Å²) in [6, 6.07) is 3.55. The highest BCUT2D eigenvalue weighted by Crippen LogP contribution is 2.35. The average molecular weight is 367 g/mol. The summed E-state index contributed by atoms with van der Waals surface area (Å²) in [5, 5.41) is 0. The van der Waals surface area contributed by atoms with Crippen LogP contribution in [0.4, 0.5) is 4.39 Å². The first kappa shape index (κ1) is 21.4. The molecule has 0 saturated heterocycles. The first-order valence-electron chi connectivity index (χ1n) is 10.4. The second kappa shape index (κ2) is 10.4. The number of hydrogen-bond donors (Lipinski definition) is 0. The molecule has 0 radical (unpaired) electrons. The minimum absolute atomic E-state index is 0.104. The van der Waals surface area contributed by atoms with E-state index in [2.05, 4.69) is 31.7 Å². The van der Waals surface area contributed by atoms with Crippen LogP contribution in [0.5, 0.6) is 0 Å². The number of aryl methyl sites for hydroxylation is 3. The van der Waals surface area contributed by atoms with Crippen molar-refractivity contribution in [2.45, 2.75) is 79.1 Å². The minimum Gasteiger partial charge on any atom is -0.207 e. The van der Waals surface area contributed by atoms with Crippen molar-refractivity contribution < 1.29 is 4.39 Å². The predicted molar refractivity (Wildman–Crippen MR) is 117 cm³/mol. The standard InChI is InChI=1S/C13H17F.C13H18/c1-9(2)5-6-12-8-13(14)11(4)7-10(12)3;1-2-11-9-6-10-13(11)12-7-4-3-5-8-12/h7-8H,1,5-6H2,2-4H3;3-4,7H,2,5-6,8-10H2,1H3. The fourth-order valence-electron chi connectivity index (χ4n) is 3.92. The lowest BCUT2D eigenvalue weighted by Gasteiger charge is -2.12. The molecule has 0 atom stereocenters. The summed E-state index contributed by atoms with van der Waals surface area (Å²) >= 11 is 0. The summed E-state index contributed by atoms with van der Waals surface area (Å²) in [5.41, 5.74) is 9.18. The lowest BCUT2D eigenvalue weighted by molar-refractivity contribution is 0.615. The molecule has 2 aliphatic rings. The van der Waals surface area contributed by atoms with Gasteiger partial charge in [0.1, 0.15) is 5.82 Å². The van der Waals surface area contributed by atoms with Gasteiger partial charge in [0.2, 0.25) is 0 Å². The molecule has 0 spiro atoms. The van der Waals surface area contributed by atoms with Crippen LogP contribution in [0.15, 0.2) is 59.2 Å². The van der Waals surface area contributed by atoms with Crippen molar-refractivity contribution in [2.75, 3.05) is 0 Å². The number of benzene rings is 1. The Labute approximate surface area is 165 Å². The van der Waals surface area contributed by atoms with E-state index in [0.29, 0.717) is 0 Å². The minimum atomic E-state index is -0.104. The Morgan fingerprint density at radius 1 is 1.11 bits per heavy atom. The zero-order valence-corrected chi connectivity index (χ0v) is 17.6. The van der Waals surface area contributed by atoms with E-state index in [0.717, 1.165) is 29.5 Å². The topological polar surface area (TPSA) is 0 Å². The van der Waals surface area contributed by atoms with Gasteiger partial charge in [-0.05, 0) is 106 Å². The van der Waals surface area contributed by atoms with Crippen LogP contribution < -0.4 is 0 Å². The summed E-state index contributed by atoms with van der Waals surface area (Å²) in [5.74, 6) is -0.104. The van der Waals surface area contributed by atoms with Gasteiger partial charge in [-0.1, -0.05) is 42.4 Å². The van der Waals surface area contributed by atoms with E-state index in [1.54, 1.807) is 29.7 Å². The Hall–Kier alpha value is -1.89. The van der Waals surface area contributed by atoms with Gasteiger partial charge < -0.3 is 0 Å². The highest BCUT2D eigenvalue weighted by molar-refractivity contribution is 5.41. The van der Waals surface area contributed by atoms with Crippen molar-refractivity contribution >= 4 is 0 Å². The second-order valence-corrected chi connectivity index (χ2v) is 7.93. The third kappa shape index (κ3) is 6.34. The van der Waals surface area contributed by atoms with Crippen LogP contribution in [0.2, 0.25) is 0 Å². The van der Waals surface area contributed by atoms with Crippen LogP contribution in [-0.4, -0.2) is 0 Å². The number of rotatable bonds is 5. The molecule has 1 aromatic rings. The molecule has 1 heteroatoms. The van der Waals surface area contributed by atoms with E-state index in [-0.39, 0.29) is 5.82 Å². The van der Waals surface area contributed by atoms with Crippen molar-refractivity contribution in [1.29, 1.82) is 0 Å². The molecule has 0 heterocycles. The molecule has 146 valence electrons. The zero-order valence-electron chi connectivity index (χ0n) is 17.6. The SMILES string of the molecule is C=C(C)CCc1cc(F)c(C)cc1C.CCC1=C(C2=CC=CCC2)CCC1. The lowest BCUT2D eigenvalue weighted by atomic mass is 9.94. The van der Waals surface area contributed by atoms with Crippen LogP contribution in [0.3, 0.4) is 0 Å². The van der Waals surface area contributed by atoms with Gasteiger partial charge in [0.05, 0.1) is 0 Å². The molecule has 0 aromatic heterocycles. The molecule has 0 bridgehead atoms. The highest BCUT2D eigenvalue weighted by atomic mass is 19.1. The molecular formula is C26H35F.